The lowest BCUT2D eigenvalue weighted by Crippen LogP contribution is -2.39. The van der Waals surface area contributed by atoms with E-state index in [-0.39, 0.29) is 17.9 Å². The van der Waals surface area contributed by atoms with Crippen LogP contribution in [0.25, 0.3) is 10.8 Å². The van der Waals surface area contributed by atoms with Gasteiger partial charge >= 0.3 is 0 Å². The summed E-state index contributed by atoms with van der Waals surface area (Å²) in [6.07, 6.45) is 0. The Labute approximate surface area is 125 Å². The highest BCUT2D eigenvalue weighted by Gasteiger charge is 2.17. The minimum Gasteiger partial charge on any atom is -0.497 e. The molecule has 0 aliphatic carbocycles. The number of hydrogen-bond donors (Lipinski definition) is 2. The Morgan fingerprint density at radius 3 is 2.52 bits per heavy atom. The van der Waals surface area contributed by atoms with E-state index in [1.165, 1.54) is 0 Å². The molecule has 0 aliphatic heterocycles. The Morgan fingerprint density at radius 2 is 1.86 bits per heavy atom. The lowest BCUT2D eigenvalue weighted by molar-refractivity contribution is -0.122. The van der Waals surface area contributed by atoms with Crippen LogP contribution in [0.5, 0.6) is 5.75 Å². The fourth-order valence-corrected chi connectivity index (χ4v) is 2.22. The predicted molar refractivity (Wildman–Crippen MR) is 85.6 cm³/mol. The molecular formula is C17H22N2O2. The molecule has 2 atom stereocenters. The Balaban J connectivity index is 2.24. The maximum absolute atomic E-state index is 12.2. The van der Waals surface area contributed by atoms with Gasteiger partial charge in [-0.15, -0.1) is 0 Å². The van der Waals surface area contributed by atoms with Gasteiger partial charge in [0.15, 0.2) is 0 Å². The van der Waals surface area contributed by atoms with Gasteiger partial charge in [-0.1, -0.05) is 24.3 Å². The molecule has 4 heteroatoms. The molecule has 1 unspecified atom stereocenters. The molecule has 0 saturated carbocycles. The zero-order valence-corrected chi connectivity index (χ0v) is 12.7. The highest BCUT2D eigenvalue weighted by atomic mass is 16.5. The summed E-state index contributed by atoms with van der Waals surface area (Å²) >= 11 is 0. The third kappa shape index (κ3) is 3.52. The van der Waals surface area contributed by atoms with Crippen LogP contribution < -0.4 is 15.8 Å². The van der Waals surface area contributed by atoms with Gasteiger partial charge in [-0.05, 0) is 42.3 Å². The van der Waals surface area contributed by atoms with Gasteiger partial charge in [0.25, 0.3) is 0 Å². The molecule has 0 aromatic heterocycles. The van der Waals surface area contributed by atoms with Gasteiger partial charge in [0.2, 0.25) is 5.91 Å². The number of fused-ring (bicyclic) bond motifs is 1. The third-order valence-electron chi connectivity index (χ3n) is 3.71. The van der Waals surface area contributed by atoms with Crippen LogP contribution in [-0.4, -0.2) is 25.6 Å². The maximum atomic E-state index is 12.2. The van der Waals surface area contributed by atoms with Crippen molar-refractivity contribution in [2.45, 2.75) is 25.8 Å². The molecule has 3 N–H and O–H groups in total. The zero-order valence-electron chi connectivity index (χ0n) is 12.7. The summed E-state index contributed by atoms with van der Waals surface area (Å²) in [5.74, 6) is 0.629. The van der Waals surface area contributed by atoms with Crippen LogP contribution in [0.1, 0.15) is 25.3 Å². The van der Waals surface area contributed by atoms with E-state index in [0.29, 0.717) is 6.54 Å². The first kappa shape index (κ1) is 15.3. The van der Waals surface area contributed by atoms with E-state index >= 15 is 0 Å². The molecule has 0 aliphatic rings. The van der Waals surface area contributed by atoms with Gasteiger partial charge in [0, 0.05) is 12.6 Å². The third-order valence-corrected chi connectivity index (χ3v) is 3.71. The number of amides is 1. The quantitative estimate of drug-likeness (QED) is 0.887. The van der Waals surface area contributed by atoms with Gasteiger partial charge in [0.1, 0.15) is 5.75 Å². The summed E-state index contributed by atoms with van der Waals surface area (Å²) in [6, 6.07) is 12.0. The van der Waals surface area contributed by atoms with Gasteiger partial charge in [-0.3, -0.25) is 4.79 Å². The Bertz CT molecular complexity index is 640. The van der Waals surface area contributed by atoms with Crippen molar-refractivity contribution in [1.82, 2.24) is 5.32 Å². The molecule has 1 amide bonds. The first-order valence-electron chi connectivity index (χ1n) is 7.13. The summed E-state index contributed by atoms with van der Waals surface area (Å²) in [5, 5.41) is 5.11. The number of rotatable bonds is 5. The van der Waals surface area contributed by atoms with Crippen molar-refractivity contribution in [3.63, 3.8) is 0 Å². The van der Waals surface area contributed by atoms with Gasteiger partial charge in [-0.25, -0.2) is 0 Å². The van der Waals surface area contributed by atoms with E-state index < -0.39 is 0 Å². The zero-order chi connectivity index (χ0) is 15.4. The number of methoxy groups -OCH3 is 1. The number of ether oxygens (including phenoxy) is 1. The first-order valence-corrected chi connectivity index (χ1v) is 7.13. The van der Waals surface area contributed by atoms with Crippen LogP contribution in [0, 0.1) is 0 Å². The molecule has 0 spiro atoms. The van der Waals surface area contributed by atoms with Crippen molar-refractivity contribution in [1.29, 1.82) is 0 Å². The summed E-state index contributed by atoms with van der Waals surface area (Å²) in [7, 11) is 1.65. The van der Waals surface area contributed by atoms with Gasteiger partial charge in [-0.2, -0.15) is 0 Å². The number of nitrogens with one attached hydrogen (secondary N) is 1. The molecule has 21 heavy (non-hydrogen) atoms. The number of hydrogen-bond acceptors (Lipinski definition) is 3. The van der Waals surface area contributed by atoms with Crippen LogP contribution in [0.15, 0.2) is 36.4 Å². The van der Waals surface area contributed by atoms with E-state index in [2.05, 4.69) is 5.32 Å². The number of nitrogens with two attached hydrogens (primary N) is 1. The summed E-state index contributed by atoms with van der Waals surface area (Å²) in [6.45, 7) is 4.25. The molecule has 0 radical (unpaired) electrons. The summed E-state index contributed by atoms with van der Waals surface area (Å²) in [5.41, 5.74) is 6.53. The maximum Gasteiger partial charge on any atom is 0.227 e. The van der Waals surface area contributed by atoms with Crippen molar-refractivity contribution < 1.29 is 9.53 Å². The minimum absolute atomic E-state index is 0.000752. The van der Waals surface area contributed by atoms with E-state index in [1.807, 2.05) is 50.2 Å². The average molecular weight is 286 g/mol. The van der Waals surface area contributed by atoms with Crippen molar-refractivity contribution in [3.8, 4) is 5.75 Å². The molecule has 2 rings (SSSR count). The second-order valence-electron chi connectivity index (χ2n) is 5.34. The molecule has 2 aromatic carbocycles. The summed E-state index contributed by atoms with van der Waals surface area (Å²) < 4.78 is 5.22. The lowest BCUT2D eigenvalue weighted by atomic mass is 9.96. The number of carbonyl (C=O) groups excluding carboxylic acids is 1. The normalized spacial score (nSPS) is 13.7. The second kappa shape index (κ2) is 6.59. The van der Waals surface area contributed by atoms with Crippen LogP contribution in [0.2, 0.25) is 0 Å². The smallest absolute Gasteiger partial charge is 0.227 e. The Hall–Kier alpha value is -2.07. The molecule has 112 valence electrons. The molecule has 0 heterocycles. The fraction of sp³-hybridized carbons (Fsp3) is 0.353. The molecule has 0 bridgehead atoms. The van der Waals surface area contributed by atoms with Crippen molar-refractivity contribution in [2.75, 3.05) is 13.7 Å². The van der Waals surface area contributed by atoms with E-state index in [9.17, 15) is 4.79 Å². The van der Waals surface area contributed by atoms with Gasteiger partial charge in [0.05, 0.1) is 13.0 Å². The second-order valence-corrected chi connectivity index (χ2v) is 5.34. The van der Waals surface area contributed by atoms with Crippen LogP contribution >= 0.6 is 0 Å². The average Bonchev–Trinajstić information content (AvgIpc) is 2.52. The molecule has 4 nitrogen and oxygen atoms in total. The predicted octanol–water partition coefficient (Wildman–Crippen LogP) is 2.42. The van der Waals surface area contributed by atoms with Crippen LogP contribution in [0.4, 0.5) is 0 Å². The minimum atomic E-state index is -0.203. The summed E-state index contributed by atoms with van der Waals surface area (Å²) in [4.78, 5) is 12.2. The van der Waals surface area contributed by atoms with Crippen molar-refractivity contribution >= 4 is 16.7 Å². The van der Waals surface area contributed by atoms with Crippen molar-refractivity contribution in [3.05, 3.63) is 42.0 Å². The van der Waals surface area contributed by atoms with Crippen LogP contribution in [0.3, 0.4) is 0 Å². The molecule has 0 saturated heterocycles. The lowest BCUT2D eigenvalue weighted by Gasteiger charge is -2.17. The Morgan fingerprint density at radius 1 is 1.19 bits per heavy atom. The molecular weight excluding hydrogens is 264 g/mol. The fourth-order valence-electron chi connectivity index (χ4n) is 2.22. The largest absolute Gasteiger partial charge is 0.497 e. The molecule has 2 aromatic rings. The van der Waals surface area contributed by atoms with E-state index in [1.54, 1.807) is 7.11 Å². The van der Waals surface area contributed by atoms with E-state index in [0.717, 1.165) is 22.1 Å². The molecule has 0 fully saturated rings. The monoisotopic (exact) mass is 286 g/mol. The highest BCUT2D eigenvalue weighted by Crippen LogP contribution is 2.25. The number of benzene rings is 2. The van der Waals surface area contributed by atoms with Crippen molar-refractivity contribution in [2.24, 2.45) is 5.73 Å². The van der Waals surface area contributed by atoms with E-state index in [4.69, 9.17) is 10.5 Å². The van der Waals surface area contributed by atoms with Gasteiger partial charge < -0.3 is 15.8 Å². The number of carbonyl (C=O) groups is 1. The SMILES string of the molecule is COc1ccc2cc(C(C)C(=O)N[C@@H](C)CN)ccc2c1. The first-order chi connectivity index (χ1) is 10.0. The topological polar surface area (TPSA) is 64.3 Å². The highest BCUT2D eigenvalue weighted by molar-refractivity contribution is 5.88. The Kier molecular flexibility index (Phi) is 4.81. The van der Waals surface area contributed by atoms with Crippen LogP contribution in [-0.2, 0) is 4.79 Å². The standard InChI is InChI=1S/C17H22N2O2/c1-11(10-18)19-17(20)12(2)13-4-5-15-9-16(21-3)7-6-14(15)8-13/h4-9,11-12H,10,18H2,1-3H3,(H,19,20)/t11-,12?/m0/s1.